The zero-order valence-electron chi connectivity index (χ0n) is 14.2. The first-order chi connectivity index (χ1) is 11.0. The Morgan fingerprint density at radius 1 is 1.13 bits per heavy atom. The van der Waals surface area contributed by atoms with Crippen LogP contribution in [0.15, 0.2) is 24.3 Å². The van der Waals surface area contributed by atoms with E-state index in [9.17, 15) is 8.96 Å². The zero-order valence-corrected chi connectivity index (χ0v) is 15.1. The van der Waals surface area contributed by atoms with Gasteiger partial charge < -0.3 is 9.88 Å². The highest BCUT2D eigenvalue weighted by Gasteiger charge is 2.35. The SMILES string of the molecule is CP1(=O)CCC(NCC2(c3ccc(F)cc3)CCCCC2)CC1. The van der Waals surface area contributed by atoms with Crippen molar-refractivity contribution < 1.29 is 8.96 Å². The molecule has 0 aromatic heterocycles. The summed E-state index contributed by atoms with van der Waals surface area (Å²) >= 11 is 0. The molecule has 1 saturated heterocycles. The second-order valence-corrected chi connectivity index (χ2v) is 11.2. The molecule has 1 heterocycles. The minimum Gasteiger partial charge on any atom is -0.324 e. The van der Waals surface area contributed by atoms with Crippen LogP contribution < -0.4 is 5.32 Å². The van der Waals surface area contributed by atoms with Gasteiger partial charge >= 0.3 is 0 Å². The van der Waals surface area contributed by atoms with Crippen LogP contribution in [0.5, 0.6) is 0 Å². The molecular formula is C19H29FNOP. The first-order valence-electron chi connectivity index (χ1n) is 9.04. The molecule has 0 amide bonds. The van der Waals surface area contributed by atoms with Crippen molar-refractivity contribution in [2.45, 2.75) is 56.4 Å². The van der Waals surface area contributed by atoms with Crippen LogP contribution in [0.25, 0.3) is 0 Å². The third-order valence-electron chi connectivity index (χ3n) is 5.90. The van der Waals surface area contributed by atoms with Gasteiger partial charge in [0.05, 0.1) is 7.14 Å². The molecule has 1 aliphatic heterocycles. The van der Waals surface area contributed by atoms with E-state index in [2.05, 4.69) is 5.32 Å². The van der Waals surface area contributed by atoms with E-state index in [-0.39, 0.29) is 11.2 Å². The van der Waals surface area contributed by atoms with Crippen LogP contribution in [0.2, 0.25) is 0 Å². The fourth-order valence-corrected chi connectivity index (χ4v) is 6.20. The van der Waals surface area contributed by atoms with Crippen LogP contribution >= 0.6 is 7.14 Å². The number of hydrogen-bond acceptors (Lipinski definition) is 2. The van der Waals surface area contributed by atoms with Gasteiger partial charge in [-0.1, -0.05) is 31.4 Å². The predicted molar refractivity (Wildman–Crippen MR) is 95.5 cm³/mol. The van der Waals surface area contributed by atoms with Gasteiger partial charge in [0.1, 0.15) is 5.82 Å². The summed E-state index contributed by atoms with van der Waals surface area (Å²) in [6.07, 6.45) is 10.0. The van der Waals surface area contributed by atoms with E-state index in [1.807, 2.05) is 18.8 Å². The van der Waals surface area contributed by atoms with Crippen LogP contribution in [0, 0.1) is 5.82 Å². The summed E-state index contributed by atoms with van der Waals surface area (Å²) in [4.78, 5) is 0. The third-order valence-corrected chi connectivity index (χ3v) is 8.31. The summed E-state index contributed by atoms with van der Waals surface area (Å²) in [5.41, 5.74) is 1.43. The number of rotatable bonds is 4. The zero-order chi connectivity index (χ0) is 16.3. The Hall–Kier alpha value is -0.660. The summed E-state index contributed by atoms with van der Waals surface area (Å²) in [5, 5.41) is 3.77. The van der Waals surface area contributed by atoms with E-state index in [1.165, 1.54) is 37.7 Å². The normalized spacial score (nSPS) is 31.0. The molecule has 0 radical (unpaired) electrons. The molecule has 0 spiro atoms. The minimum absolute atomic E-state index is 0.152. The van der Waals surface area contributed by atoms with E-state index in [4.69, 9.17) is 0 Å². The van der Waals surface area contributed by atoms with Crippen molar-refractivity contribution >= 4 is 7.14 Å². The molecule has 1 aromatic rings. The minimum atomic E-state index is -1.84. The molecule has 2 fully saturated rings. The number of benzene rings is 1. The predicted octanol–water partition coefficient (Wildman–Crippen LogP) is 4.77. The Kier molecular flexibility index (Phi) is 5.28. The topological polar surface area (TPSA) is 29.1 Å². The van der Waals surface area contributed by atoms with Crippen molar-refractivity contribution in [1.82, 2.24) is 5.32 Å². The van der Waals surface area contributed by atoms with E-state index in [1.54, 1.807) is 12.1 Å². The van der Waals surface area contributed by atoms with Gasteiger partial charge in [-0.25, -0.2) is 4.39 Å². The van der Waals surface area contributed by atoms with Crippen molar-refractivity contribution in [2.75, 3.05) is 25.5 Å². The smallest absolute Gasteiger partial charge is 0.123 e. The van der Waals surface area contributed by atoms with E-state index < -0.39 is 7.14 Å². The standard InChI is InChI=1S/C19H29FNOP/c1-23(22)13-9-18(10-14-23)21-15-19(11-3-2-4-12-19)16-5-7-17(20)8-6-16/h5-8,18,21H,2-4,9-15H2,1H3. The average Bonchev–Trinajstić information content (AvgIpc) is 2.55. The molecule has 0 unspecified atom stereocenters. The Bertz CT molecular complexity index is 553. The molecule has 0 atom stereocenters. The number of hydrogen-bond donors (Lipinski definition) is 1. The highest BCUT2D eigenvalue weighted by Crippen LogP contribution is 2.46. The monoisotopic (exact) mass is 337 g/mol. The Morgan fingerprint density at radius 2 is 1.74 bits per heavy atom. The Labute approximate surface area is 139 Å². The van der Waals surface area contributed by atoms with Gasteiger partial charge in [-0.15, -0.1) is 0 Å². The van der Waals surface area contributed by atoms with Crippen molar-refractivity contribution in [1.29, 1.82) is 0 Å². The van der Waals surface area contributed by atoms with Crippen molar-refractivity contribution in [3.05, 3.63) is 35.6 Å². The second kappa shape index (κ2) is 7.07. The van der Waals surface area contributed by atoms with Crippen molar-refractivity contribution in [3.8, 4) is 0 Å². The summed E-state index contributed by atoms with van der Waals surface area (Å²) in [6.45, 7) is 2.92. The lowest BCUT2D eigenvalue weighted by Gasteiger charge is -2.40. The van der Waals surface area contributed by atoms with Crippen LogP contribution in [0.4, 0.5) is 4.39 Å². The van der Waals surface area contributed by atoms with Crippen LogP contribution in [-0.4, -0.2) is 31.6 Å². The maximum Gasteiger partial charge on any atom is 0.123 e. The summed E-state index contributed by atoms with van der Waals surface area (Å²) in [6, 6.07) is 7.64. The molecule has 23 heavy (non-hydrogen) atoms. The Balaban J connectivity index is 1.67. The molecule has 1 saturated carbocycles. The molecule has 2 aliphatic rings. The molecule has 4 heteroatoms. The summed E-state index contributed by atoms with van der Waals surface area (Å²) < 4.78 is 25.4. The largest absolute Gasteiger partial charge is 0.324 e. The maximum atomic E-state index is 13.3. The van der Waals surface area contributed by atoms with Gasteiger partial charge in [0, 0.05) is 30.3 Å². The lowest BCUT2D eigenvalue weighted by atomic mass is 9.69. The third kappa shape index (κ3) is 4.25. The van der Waals surface area contributed by atoms with E-state index in [0.717, 1.165) is 31.7 Å². The van der Waals surface area contributed by atoms with Gasteiger partial charge in [-0.2, -0.15) is 0 Å². The maximum absolute atomic E-state index is 13.3. The van der Waals surface area contributed by atoms with Gasteiger partial charge in [0.15, 0.2) is 0 Å². The molecule has 0 bridgehead atoms. The van der Waals surface area contributed by atoms with E-state index in [0.29, 0.717) is 6.04 Å². The quantitative estimate of drug-likeness (QED) is 0.802. The molecule has 128 valence electrons. The van der Waals surface area contributed by atoms with Gasteiger partial charge in [-0.05, 0) is 50.0 Å². The lowest BCUT2D eigenvalue weighted by Crippen LogP contribution is -2.45. The van der Waals surface area contributed by atoms with Crippen LogP contribution in [0.1, 0.15) is 50.5 Å². The second-order valence-electron chi connectivity index (χ2n) is 7.75. The fraction of sp³-hybridized carbons (Fsp3) is 0.684. The van der Waals surface area contributed by atoms with Gasteiger partial charge in [0.2, 0.25) is 0 Å². The van der Waals surface area contributed by atoms with Crippen LogP contribution in [0.3, 0.4) is 0 Å². The molecular weight excluding hydrogens is 308 g/mol. The molecule has 3 rings (SSSR count). The summed E-state index contributed by atoms with van der Waals surface area (Å²) in [7, 11) is -1.84. The Morgan fingerprint density at radius 3 is 2.35 bits per heavy atom. The van der Waals surface area contributed by atoms with Gasteiger partial charge in [0.25, 0.3) is 0 Å². The highest BCUT2D eigenvalue weighted by molar-refractivity contribution is 7.63. The number of halogens is 1. The first-order valence-corrected chi connectivity index (χ1v) is 11.6. The first kappa shape index (κ1) is 17.2. The lowest BCUT2D eigenvalue weighted by molar-refractivity contribution is 0.265. The van der Waals surface area contributed by atoms with Crippen molar-refractivity contribution in [3.63, 3.8) is 0 Å². The molecule has 1 aliphatic carbocycles. The summed E-state index contributed by atoms with van der Waals surface area (Å²) in [5.74, 6) is -0.154. The van der Waals surface area contributed by atoms with E-state index >= 15 is 0 Å². The highest BCUT2D eigenvalue weighted by atomic mass is 31.2. The number of nitrogens with one attached hydrogen (secondary N) is 1. The van der Waals surface area contributed by atoms with Crippen LogP contribution in [-0.2, 0) is 9.98 Å². The fourth-order valence-electron chi connectivity index (χ4n) is 4.26. The molecule has 2 nitrogen and oxygen atoms in total. The van der Waals surface area contributed by atoms with Gasteiger partial charge in [-0.3, -0.25) is 0 Å². The molecule has 1 aromatic carbocycles. The average molecular weight is 337 g/mol. The van der Waals surface area contributed by atoms with Crippen molar-refractivity contribution in [2.24, 2.45) is 0 Å². The molecule has 1 N–H and O–H groups in total.